The summed E-state index contributed by atoms with van der Waals surface area (Å²) in [6, 6.07) is 4.11. The molecule has 0 unspecified atom stereocenters. The van der Waals surface area contributed by atoms with Crippen LogP contribution in [0.1, 0.15) is 18.2 Å². The summed E-state index contributed by atoms with van der Waals surface area (Å²) in [5.41, 5.74) is 4.59. The van der Waals surface area contributed by atoms with Crippen LogP contribution in [-0.4, -0.2) is 59.7 Å². The number of amides is 2. The van der Waals surface area contributed by atoms with Crippen LogP contribution in [-0.2, 0) is 6.42 Å². The molecule has 1 fully saturated rings. The maximum absolute atomic E-state index is 13.2. The first kappa shape index (κ1) is 19.6. The molecule has 0 saturated carbocycles. The van der Waals surface area contributed by atoms with Crippen molar-refractivity contribution in [3.63, 3.8) is 0 Å². The average Bonchev–Trinajstić information content (AvgIpc) is 3.35. The molecule has 0 aliphatic carbocycles. The Morgan fingerprint density at radius 3 is 3.00 bits per heavy atom. The molecular weight excluding hydrogens is 394 g/mol. The molecule has 3 aromatic heterocycles. The normalized spacial score (nSPS) is 18.4. The van der Waals surface area contributed by atoms with Gasteiger partial charge in [0.15, 0.2) is 0 Å². The smallest absolute Gasteiger partial charge is 0.327 e. The average molecular weight is 422 g/mol. The van der Waals surface area contributed by atoms with E-state index in [4.69, 9.17) is 4.74 Å². The van der Waals surface area contributed by atoms with Gasteiger partial charge in [-0.15, -0.1) is 0 Å². The standard InChI is InChI=1S/C22H27N7O2/c1-14-11-27(9-7-23-14)18-4-6-24-21-16(18)5-8-29(21)22(30)26-17-13-28-12-15(2)25-20(28)10-19(17)31-3/h4,6,10,12-14,23H,5,7-9,11H2,1-3H3,(H,26,30)/t14-/m0/s1. The van der Waals surface area contributed by atoms with Crippen LogP contribution >= 0.6 is 0 Å². The van der Waals surface area contributed by atoms with Crippen molar-refractivity contribution in [2.24, 2.45) is 0 Å². The first-order valence-electron chi connectivity index (χ1n) is 10.6. The number of hydrogen-bond donors (Lipinski definition) is 2. The lowest BCUT2D eigenvalue weighted by atomic mass is 10.1. The van der Waals surface area contributed by atoms with Crippen LogP contribution in [0.15, 0.2) is 30.7 Å². The SMILES string of the molecule is COc1cc2nc(C)cn2cc1NC(=O)N1CCc2c(N3CCN[C@@H](C)C3)ccnc21. The number of imidazole rings is 1. The second-order valence-electron chi connectivity index (χ2n) is 8.17. The topological polar surface area (TPSA) is 87.0 Å². The Bertz CT molecular complexity index is 1140. The molecule has 1 saturated heterocycles. The van der Waals surface area contributed by atoms with Gasteiger partial charge in [-0.3, -0.25) is 4.90 Å². The summed E-state index contributed by atoms with van der Waals surface area (Å²) in [4.78, 5) is 26.3. The minimum absolute atomic E-state index is 0.216. The Balaban J connectivity index is 1.41. The number of nitrogens with zero attached hydrogens (tertiary/aromatic N) is 5. The number of methoxy groups -OCH3 is 1. The lowest BCUT2D eigenvalue weighted by Gasteiger charge is -2.34. The molecule has 2 aliphatic rings. The van der Waals surface area contributed by atoms with Crippen LogP contribution in [0.3, 0.4) is 0 Å². The van der Waals surface area contributed by atoms with Gasteiger partial charge in [0.1, 0.15) is 22.9 Å². The number of anilines is 3. The molecule has 1 atom stereocenters. The largest absolute Gasteiger partial charge is 0.494 e. The third-order valence-corrected chi connectivity index (χ3v) is 5.94. The molecule has 0 radical (unpaired) electrons. The van der Waals surface area contributed by atoms with E-state index >= 15 is 0 Å². The van der Waals surface area contributed by atoms with Gasteiger partial charge >= 0.3 is 6.03 Å². The molecule has 0 bridgehead atoms. The van der Waals surface area contributed by atoms with Gasteiger partial charge < -0.3 is 24.7 Å². The van der Waals surface area contributed by atoms with Crippen molar-refractivity contribution in [1.29, 1.82) is 0 Å². The van der Waals surface area contributed by atoms with Crippen LogP contribution in [0.4, 0.5) is 22.0 Å². The lowest BCUT2D eigenvalue weighted by Crippen LogP contribution is -2.49. The van der Waals surface area contributed by atoms with E-state index in [2.05, 4.69) is 38.5 Å². The molecule has 9 nitrogen and oxygen atoms in total. The highest BCUT2D eigenvalue weighted by molar-refractivity contribution is 6.03. The molecule has 2 aliphatic heterocycles. The molecule has 0 spiro atoms. The zero-order chi connectivity index (χ0) is 21.5. The molecule has 162 valence electrons. The Labute approximate surface area is 181 Å². The van der Waals surface area contributed by atoms with Gasteiger partial charge in [-0.2, -0.15) is 0 Å². The van der Waals surface area contributed by atoms with Gasteiger partial charge in [0.25, 0.3) is 0 Å². The van der Waals surface area contributed by atoms with E-state index in [0.29, 0.717) is 24.0 Å². The number of piperazine rings is 1. The Kier molecular flexibility index (Phi) is 4.90. The summed E-state index contributed by atoms with van der Waals surface area (Å²) in [5.74, 6) is 1.31. The van der Waals surface area contributed by atoms with Crippen molar-refractivity contribution in [2.75, 3.05) is 48.4 Å². The first-order chi connectivity index (χ1) is 15.0. The molecule has 5 heterocycles. The number of nitrogens with one attached hydrogen (secondary N) is 2. The molecule has 2 amide bonds. The van der Waals surface area contributed by atoms with Crippen LogP contribution in [0.5, 0.6) is 5.75 Å². The van der Waals surface area contributed by atoms with Crippen LogP contribution in [0.25, 0.3) is 5.65 Å². The fourth-order valence-electron chi connectivity index (χ4n) is 4.51. The molecule has 2 N–H and O–H groups in total. The van der Waals surface area contributed by atoms with Crippen molar-refractivity contribution < 1.29 is 9.53 Å². The summed E-state index contributed by atoms with van der Waals surface area (Å²) >= 11 is 0. The van der Waals surface area contributed by atoms with E-state index in [1.54, 1.807) is 18.2 Å². The molecular formula is C22H27N7O2. The van der Waals surface area contributed by atoms with E-state index < -0.39 is 0 Å². The minimum Gasteiger partial charge on any atom is -0.494 e. The van der Waals surface area contributed by atoms with Crippen molar-refractivity contribution >= 4 is 28.9 Å². The Morgan fingerprint density at radius 2 is 2.19 bits per heavy atom. The van der Waals surface area contributed by atoms with E-state index in [9.17, 15) is 4.79 Å². The number of pyridine rings is 2. The predicted octanol–water partition coefficient (Wildman–Crippen LogP) is 2.44. The predicted molar refractivity (Wildman–Crippen MR) is 120 cm³/mol. The third kappa shape index (κ3) is 3.54. The number of fused-ring (bicyclic) bond motifs is 2. The fourth-order valence-corrected chi connectivity index (χ4v) is 4.51. The maximum atomic E-state index is 13.2. The van der Waals surface area contributed by atoms with Gasteiger partial charge in [0, 0.05) is 68.1 Å². The summed E-state index contributed by atoms with van der Waals surface area (Å²) in [6.07, 6.45) is 6.33. The lowest BCUT2D eigenvalue weighted by molar-refractivity contribution is 0.257. The zero-order valence-corrected chi connectivity index (χ0v) is 18.1. The molecule has 0 aromatic carbocycles. The van der Waals surface area contributed by atoms with E-state index in [1.807, 2.05) is 29.8 Å². The van der Waals surface area contributed by atoms with Gasteiger partial charge in [0.05, 0.1) is 12.8 Å². The third-order valence-electron chi connectivity index (χ3n) is 5.94. The molecule has 31 heavy (non-hydrogen) atoms. The van der Waals surface area contributed by atoms with Crippen LogP contribution in [0.2, 0.25) is 0 Å². The molecule has 5 rings (SSSR count). The number of ether oxygens (including phenoxy) is 1. The number of carbonyl (C=O) groups excluding carboxylic acids is 1. The number of rotatable bonds is 3. The highest BCUT2D eigenvalue weighted by Gasteiger charge is 2.31. The zero-order valence-electron chi connectivity index (χ0n) is 18.1. The van der Waals surface area contributed by atoms with Crippen molar-refractivity contribution in [3.05, 3.63) is 42.0 Å². The van der Waals surface area contributed by atoms with Crippen molar-refractivity contribution in [2.45, 2.75) is 26.3 Å². The number of hydrogen-bond acceptors (Lipinski definition) is 6. The Hall–Kier alpha value is -3.33. The van der Waals surface area contributed by atoms with Crippen molar-refractivity contribution in [1.82, 2.24) is 19.7 Å². The second kappa shape index (κ2) is 7.73. The highest BCUT2D eigenvalue weighted by Crippen LogP contribution is 2.35. The summed E-state index contributed by atoms with van der Waals surface area (Å²) in [7, 11) is 1.59. The fraction of sp³-hybridized carbons (Fsp3) is 0.409. The Morgan fingerprint density at radius 1 is 1.32 bits per heavy atom. The second-order valence-corrected chi connectivity index (χ2v) is 8.17. The number of aromatic nitrogens is 3. The van der Waals surface area contributed by atoms with Gasteiger partial charge in [-0.1, -0.05) is 0 Å². The van der Waals surface area contributed by atoms with Gasteiger partial charge in [-0.25, -0.2) is 14.8 Å². The summed E-state index contributed by atoms with van der Waals surface area (Å²) < 4.78 is 7.37. The highest BCUT2D eigenvalue weighted by atomic mass is 16.5. The maximum Gasteiger partial charge on any atom is 0.327 e. The van der Waals surface area contributed by atoms with E-state index in [1.165, 1.54) is 5.69 Å². The van der Waals surface area contributed by atoms with Crippen LogP contribution < -0.4 is 25.2 Å². The van der Waals surface area contributed by atoms with Crippen LogP contribution in [0, 0.1) is 6.92 Å². The molecule has 9 heteroatoms. The first-order valence-corrected chi connectivity index (χ1v) is 10.6. The monoisotopic (exact) mass is 421 g/mol. The summed E-state index contributed by atoms with van der Waals surface area (Å²) in [5, 5.41) is 6.48. The van der Waals surface area contributed by atoms with Gasteiger partial charge in [-0.05, 0) is 26.3 Å². The van der Waals surface area contributed by atoms with Gasteiger partial charge in [0.2, 0.25) is 0 Å². The van der Waals surface area contributed by atoms with Crippen molar-refractivity contribution in [3.8, 4) is 5.75 Å². The number of carbonyl (C=O) groups is 1. The number of aryl methyl sites for hydroxylation is 1. The van der Waals surface area contributed by atoms with E-state index in [-0.39, 0.29) is 6.03 Å². The van der Waals surface area contributed by atoms with E-state index in [0.717, 1.165) is 48.8 Å². The quantitative estimate of drug-likeness (QED) is 0.676. The summed E-state index contributed by atoms with van der Waals surface area (Å²) in [6.45, 7) is 7.58. The number of urea groups is 1. The minimum atomic E-state index is -0.216. The molecule has 3 aromatic rings.